The van der Waals surface area contributed by atoms with Gasteiger partial charge >= 0.3 is 0 Å². The van der Waals surface area contributed by atoms with Crippen molar-refractivity contribution >= 4 is 33.5 Å². The number of fused-ring (bicyclic) bond motifs is 3. The Hall–Kier alpha value is -3.41. The number of H-pyrrole nitrogens is 1. The minimum Gasteiger partial charge on any atom is -0.365 e. The molecular weight excluding hydrogens is 319 g/mol. The summed E-state index contributed by atoms with van der Waals surface area (Å²) in [6.45, 7) is 0.556. The first kappa shape index (κ1) is 15.1. The molecule has 0 unspecified atom stereocenters. The third kappa shape index (κ3) is 2.67. The van der Waals surface area contributed by atoms with E-state index in [4.69, 9.17) is 5.73 Å². The summed E-state index contributed by atoms with van der Waals surface area (Å²) in [4.78, 5) is 19.2. The second-order valence-corrected chi connectivity index (χ2v) is 5.79. The average Bonchev–Trinajstić information content (AvgIpc) is 2.99. The number of pyridine rings is 1. The van der Waals surface area contributed by atoms with Crippen molar-refractivity contribution in [1.29, 1.82) is 0 Å². The van der Waals surface area contributed by atoms with Crippen LogP contribution < -0.4 is 11.1 Å². The summed E-state index contributed by atoms with van der Waals surface area (Å²) in [6.07, 6.45) is 1.43. The Morgan fingerprint density at radius 3 is 2.76 bits per heavy atom. The molecule has 1 amide bonds. The SMILES string of the molecule is NC(=O)c1cnc(NCc2ccccc2)c2c1[nH]c1ccc(F)cc12. The van der Waals surface area contributed by atoms with Gasteiger partial charge in [-0.3, -0.25) is 4.79 Å². The number of benzene rings is 2. The van der Waals surface area contributed by atoms with Gasteiger partial charge in [0.25, 0.3) is 5.91 Å². The maximum absolute atomic E-state index is 13.7. The van der Waals surface area contributed by atoms with Gasteiger partial charge in [0.05, 0.1) is 16.5 Å². The van der Waals surface area contributed by atoms with Gasteiger partial charge in [-0.1, -0.05) is 30.3 Å². The summed E-state index contributed by atoms with van der Waals surface area (Å²) in [5.74, 6) is -0.369. The number of aromatic nitrogens is 2. The number of aromatic amines is 1. The zero-order chi connectivity index (χ0) is 17.4. The number of nitrogens with zero attached hydrogens (tertiary/aromatic N) is 1. The lowest BCUT2D eigenvalue weighted by Gasteiger charge is -2.09. The molecule has 0 saturated carbocycles. The van der Waals surface area contributed by atoms with Crippen LogP contribution in [0.5, 0.6) is 0 Å². The zero-order valence-electron chi connectivity index (χ0n) is 13.2. The van der Waals surface area contributed by atoms with Crippen molar-refractivity contribution in [2.45, 2.75) is 6.54 Å². The van der Waals surface area contributed by atoms with Crippen LogP contribution in [0.4, 0.5) is 10.2 Å². The fourth-order valence-corrected chi connectivity index (χ4v) is 2.97. The van der Waals surface area contributed by atoms with E-state index in [0.29, 0.717) is 28.7 Å². The maximum Gasteiger partial charge on any atom is 0.252 e. The lowest BCUT2D eigenvalue weighted by atomic mass is 10.1. The predicted molar refractivity (Wildman–Crippen MR) is 95.8 cm³/mol. The van der Waals surface area contributed by atoms with Gasteiger partial charge < -0.3 is 16.0 Å². The van der Waals surface area contributed by atoms with E-state index in [2.05, 4.69) is 15.3 Å². The molecule has 4 N–H and O–H groups in total. The van der Waals surface area contributed by atoms with E-state index in [-0.39, 0.29) is 11.4 Å². The summed E-state index contributed by atoms with van der Waals surface area (Å²) < 4.78 is 13.7. The Balaban J connectivity index is 1.88. The first-order valence-corrected chi connectivity index (χ1v) is 7.81. The van der Waals surface area contributed by atoms with Crippen molar-refractivity contribution in [2.24, 2.45) is 5.73 Å². The molecule has 0 spiro atoms. The minimum atomic E-state index is -0.584. The standard InChI is InChI=1S/C19H15FN4O/c20-12-6-7-15-13(8-12)16-17(24-15)14(18(21)25)10-23-19(16)22-9-11-4-2-1-3-5-11/h1-8,10,24H,9H2,(H2,21,25)(H,22,23). The van der Waals surface area contributed by atoms with Gasteiger partial charge in [0.15, 0.2) is 0 Å². The number of carbonyl (C=O) groups is 1. The molecule has 0 saturated heterocycles. The van der Waals surface area contributed by atoms with E-state index in [0.717, 1.165) is 11.1 Å². The van der Waals surface area contributed by atoms with Gasteiger partial charge in [-0.25, -0.2) is 9.37 Å². The minimum absolute atomic E-state index is 0.275. The molecule has 25 heavy (non-hydrogen) atoms. The molecule has 0 fully saturated rings. The number of rotatable bonds is 4. The van der Waals surface area contributed by atoms with Gasteiger partial charge in [-0.2, -0.15) is 0 Å². The van der Waals surface area contributed by atoms with E-state index in [1.54, 1.807) is 6.07 Å². The molecule has 4 aromatic rings. The van der Waals surface area contributed by atoms with E-state index in [1.807, 2.05) is 30.3 Å². The number of carbonyl (C=O) groups excluding carboxylic acids is 1. The van der Waals surface area contributed by atoms with Crippen LogP contribution in [0.3, 0.4) is 0 Å². The number of hydrogen-bond donors (Lipinski definition) is 3. The largest absolute Gasteiger partial charge is 0.365 e. The van der Waals surface area contributed by atoms with Crippen molar-refractivity contribution in [3.05, 3.63) is 71.7 Å². The Morgan fingerprint density at radius 2 is 2.00 bits per heavy atom. The molecule has 124 valence electrons. The highest BCUT2D eigenvalue weighted by Crippen LogP contribution is 2.32. The first-order valence-electron chi connectivity index (χ1n) is 7.81. The highest BCUT2D eigenvalue weighted by molar-refractivity contribution is 6.18. The van der Waals surface area contributed by atoms with Crippen LogP contribution in [0, 0.1) is 5.82 Å². The Labute approximate surface area is 142 Å². The third-order valence-corrected chi connectivity index (χ3v) is 4.16. The van der Waals surface area contributed by atoms with Crippen molar-refractivity contribution in [3.8, 4) is 0 Å². The van der Waals surface area contributed by atoms with Crippen molar-refractivity contribution in [2.75, 3.05) is 5.32 Å². The number of nitrogens with two attached hydrogens (primary N) is 1. The summed E-state index contributed by atoms with van der Waals surface area (Å²) in [7, 11) is 0. The molecule has 0 aliphatic rings. The Bertz CT molecular complexity index is 1090. The molecule has 0 atom stereocenters. The smallest absolute Gasteiger partial charge is 0.252 e. The van der Waals surface area contributed by atoms with E-state index in [1.165, 1.54) is 18.3 Å². The van der Waals surface area contributed by atoms with Crippen LogP contribution in [0.1, 0.15) is 15.9 Å². The number of hydrogen-bond acceptors (Lipinski definition) is 3. The van der Waals surface area contributed by atoms with Crippen LogP contribution in [0.25, 0.3) is 21.8 Å². The zero-order valence-corrected chi connectivity index (χ0v) is 13.2. The fraction of sp³-hybridized carbons (Fsp3) is 0.0526. The molecule has 0 bridgehead atoms. The lowest BCUT2D eigenvalue weighted by molar-refractivity contribution is 0.100. The van der Waals surface area contributed by atoms with Gasteiger partial charge in [0.1, 0.15) is 11.6 Å². The lowest BCUT2D eigenvalue weighted by Crippen LogP contribution is -2.13. The van der Waals surface area contributed by atoms with Crippen LogP contribution >= 0.6 is 0 Å². The van der Waals surface area contributed by atoms with E-state index >= 15 is 0 Å². The van der Waals surface area contributed by atoms with E-state index in [9.17, 15) is 9.18 Å². The number of anilines is 1. The van der Waals surface area contributed by atoms with Crippen molar-refractivity contribution in [3.63, 3.8) is 0 Å². The van der Waals surface area contributed by atoms with E-state index < -0.39 is 5.91 Å². The molecule has 6 heteroatoms. The van der Waals surface area contributed by atoms with Crippen molar-refractivity contribution < 1.29 is 9.18 Å². The molecule has 5 nitrogen and oxygen atoms in total. The molecule has 2 aromatic carbocycles. The summed E-state index contributed by atoms with van der Waals surface area (Å²) in [5, 5.41) is 4.57. The third-order valence-electron chi connectivity index (χ3n) is 4.16. The van der Waals surface area contributed by atoms with Crippen LogP contribution in [-0.4, -0.2) is 15.9 Å². The summed E-state index contributed by atoms with van der Waals surface area (Å²) >= 11 is 0. The predicted octanol–water partition coefficient (Wildman–Crippen LogP) is 3.57. The van der Waals surface area contributed by atoms with Gasteiger partial charge in [0.2, 0.25) is 0 Å². The number of nitrogens with one attached hydrogen (secondary N) is 2. The second kappa shape index (κ2) is 5.90. The highest BCUT2D eigenvalue weighted by atomic mass is 19.1. The maximum atomic E-state index is 13.7. The molecule has 2 heterocycles. The normalized spacial score (nSPS) is 11.1. The van der Waals surface area contributed by atoms with Crippen LogP contribution in [0.2, 0.25) is 0 Å². The molecule has 4 rings (SSSR count). The quantitative estimate of drug-likeness (QED) is 0.533. The van der Waals surface area contributed by atoms with Crippen LogP contribution in [0.15, 0.2) is 54.7 Å². The van der Waals surface area contributed by atoms with Crippen molar-refractivity contribution in [1.82, 2.24) is 9.97 Å². The Morgan fingerprint density at radius 1 is 1.20 bits per heavy atom. The van der Waals surface area contributed by atoms with Gasteiger partial charge in [-0.05, 0) is 23.8 Å². The Kier molecular flexibility index (Phi) is 3.57. The summed E-state index contributed by atoms with van der Waals surface area (Å²) in [6, 6.07) is 14.3. The number of amides is 1. The second-order valence-electron chi connectivity index (χ2n) is 5.79. The number of primary amides is 1. The molecule has 0 aliphatic heterocycles. The average molecular weight is 334 g/mol. The topological polar surface area (TPSA) is 83.8 Å². The van der Waals surface area contributed by atoms with Gasteiger partial charge in [0, 0.05) is 23.6 Å². The molecule has 0 aliphatic carbocycles. The van der Waals surface area contributed by atoms with Crippen LogP contribution in [-0.2, 0) is 6.54 Å². The molecular formula is C19H15FN4O. The summed E-state index contributed by atoms with van der Waals surface area (Å²) in [5.41, 5.74) is 8.09. The number of halogens is 1. The fourth-order valence-electron chi connectivity index (χ4n) is 2.97. The van der Waals surface area contributed by atoms with Gasteiger partial charge in [-0.15, -0.1) is 0 Å². The first-order chi connectivity index (χ1) is 12.1. The molecule has 2 aromatic heterocycles. The molecule has 0 radical (unpaired) electrons. The monoisotopic (exact) mass is 334 g/mol. The highest BCUT2D eigenvalue weighted by Gasteiger charge is 2.17.